The summed E-state index contributed by atoms with van der Waals surface area (Å²) in [6.45, 7) is 10.8. The van der Waals surface area contributed by atoms with Gasteiger partial charge in [0.2, 0.25) is 0 Å². The lowest BCUT2D eigenvalue weighted by atomic mass is 10.2. The van der Waals surface area contributed by atoms with E-state index < -0.39 is 33.2 Å². The Morgan fingerprint density at radius 3 is 2.71 bits per heavy atom. The highest BCUT2D eigenvalue weighted by molar-refractivity contribution is 14.1. The van der Waals surface area contributed by atoms with Crippen LogP contribution in [-0.2, 0) is 18.7 Å². The van der Waals surface area contributed by atoms with Gasteiger partial charge in [0.1, 0.15) is 30.6 Å². The van der Waals surface area contributed by atoms with Gasteiger partial charge in [-0.25, -0.2) is 15.0 Å². The molecule has 0 radical (unpaired) electrons. The van der Waals surface area contributed by atoms with Crippen LogP contribution >= 0.6 is 34.6 Å². The molecule has 1 amide bonds. The largest absolute Gasteiger partial charge is 0.471 e. The van der Waals surface area contributed by atoms with Crippen molar-refractivity contribution in [3.63, 3.8) is 0 Å². The molecule has 2 aromatic rings. The van der Waals surface area contributed by atoms with E-state index in [0.29, 0.717) is 41.4 Å². The van der Waals surface area contributed by atoms with E-state index in [-0.39, 0.29) is 17.2 Å². The third kappa shape index (κ3) is 8.82. The molecule has 16 heteroatoms. The average molecular weight is 741 g/mol. The molecule has 42 heavy (non-hydrogen) atoms. The second-order valence-corrected chi connectivity index (χ2v) is 18.3. The van der Waals surface area contributed by atoms with Crippen LogP contribution in [0.15, 0.2) is 17.5 Å². The maximum absolute atomic E-state index is 12.6. The molecule has 2 aromatic heterocycles. The molecule has 0 saturated carbocycles. The van der Waals surface area contributed by atoms with Crippen LogP contribution in [0, 0.1) is 11.8 Å². The third-order valence-electron chi connectivity index (χ3n) is 7.05. The van der Waals surface area contributed by atoms with Gasteiger partial charge < -0.3 is 26.9 Å². The molecule has 3 heterocycles. The van der Waals surface area contributed by atoms with Gasteiger partial charge in [0.15, 0.2) is 14.1 Å². The highest BCUT2D eigenvalue weighted by atomic mass is 127. The van der Waals surface area contributed by atoms with Crippen molar-refractivity contribution in [3.05, 3.63) is 18.1 Å². The summed E-state index contributed by atoms with van der Waals surface area (Å²) in [5.41, 5.74) is 0.928. The Bertz CT molecular complexity index is 1340. The number of alkyl halides is 3. The van der Waals surface area contributed by atoms with E-state index in [4.69, 9.17) is 13.9 Å². The van der Waals surface area contributed by atoms with Crippen LogP contribution in [0.3, 0.4) is 0 Å². The van der Waals surface area contributed by atoms with E-state index in [1.807, 2.05) is 33.7 Å². The van der Waals surface area contributed by atoms with Crippen LogP contribution in [0.25, 0.3) is 11.0 Å². The molecular formula is C26H36F3IN6O4SSi. The molecule has 10 nitrogen and oxygen atoms in total. The summed E-state index contributed by atoms with van der Waals surface area (Å²) in [5.74, 6) is 4.21. The van der Waals surface area contributed by atoms with E-state index in [1.165, 1.54) is 6.33 Å². The van der Waals surface area contributed by atoms with Crippen molar-refractivity contribution >= 4 is 72.0 Å². The highest BCUT2D eigenvalue weighted by Crippen LogP contribution is 2.40. The monoisotopic (exact) mass is 740 g/mol. The molecule has 0 spiro atoms. The molecule has 232 valence electrons. The number of amides is 1. The molecule has 0 aromatic carbocycles. The number of hydrogen-bond donors (Lipinski definition) is 1. The lowest BCUT2D eigenvalue weighted by Gasteiger charge is -2.37. The summed E-state index contributed by atoms with van der Waals surface area (Å²) in [7, 11) is -0.250. The zero-order chi connectivity index (χ0) is 31.3. The molecule has 1 aliphatic rings. The predicted octanol–water partition coefficient (Wildman–Crippen LogP) is 5.42. The van der Waals surface area contributed by atoms with E-state index in [1.54, 1.807) is 39.8 Å². The normalized spacial score (nSPS) is 19.7. The van der Waals surface area contributed by atoms with Crippen molar-refractivity contribution in [1.82, 2.24) is 23.0 Å². The highest BCUT2D eigenvalue weighted by Gasteiger charge is 2.42. The SMILES string of the molecule is CSCO[C@H]1C[C@H](n2cc(C#CCNC(=O)C(F)(F)F)c3c(N=CN(C)I)ncnc32)O[C@@H]1CO[Si](C)(C)C(C)(C)C. The maximum Gasteiger partial charge on any atom is 0.471 e. The summed E-state index contributed by atoms with van der Waals surface area (Å²) >= 11 is 3.61. The van der Waals surface area contributed by atoms with Gasteiger partial charge in [-0.1, -0.05) is 32.6 Å². The predicted molar refractivity (Wildman–Crippen MR) is 168 cm³/mol. The van der Waals surface area contributed by atoms with Crippen LogP contribution < -0.4 is 5.32 Å². The number of hydrogen-bond acceptors (Lipinski definition) is 8. The number of halogens is 4. The minimum absolute atomic E-state index is 0.0320. The topological polar surface area (TPSA) is 103 Å². The maximum atomic E-state index is 12.6. The Labute approximate surface area is 263 Å². The van der Waals surface area contributed by atoms with E-state index in [0.717, 1.165) is 0 Å². The fourth-order valence-electron chi connectivity index (χ4n) is 3.84. The molecule has 1 N–H and O–H groups in total. The second-order valence-electron chi connectivity index (χ2n) is 11.1. The second kappa shape index (κ2) is 14.2. The Balaban J connectivity index is 1.97. The first-order valence-electron chi connectivity index (χ1n) is 13.1. The third-order valence-corrected chi connectivity index (χ3v) is 12.2. The van der Waals surface area contributed by atoms with Gasteiger partial charge in [0, 0.05) is 19.7 Å². The minimum Gasteiger partial charge on any atom is -0.414 e. The van der Waals surface area contributed by atoms with Gasteiger partial charge >= 0.3 is 12.1 Å². The van der Waals surface area contributed by atoms with Crippen molar-refractivity contribution in [2.75, 3.05) is 32.4 Å². The average Bonchev–Trinajstić information content (AvgIpc) is 3.47. The van der Waals surface area contributed by atoms with Gasteiger partial charge in [0.25, 0.3) is 0 Å². The Morgan fingerprint density at radius 1 is 1.38 bits per heavy atom. The van der Waals surface area contributed by atoms with Crippen LogP contribution in [0.1, 0.15) is 39.0 Å². The summed E-state index contributed by atoms with van der Waals surface area (Å²) < 4.78 is 60.4. The quantitative estimate of drug-likeness (QED) is 0.0656. The van der Waals surface area contributed by atoms with Crippen LogP contribution in [-0.4, -0.2) is 89.0 Å². The standard InChI is InChI=1S/C26H36F3IN6O4SSi/c1-25(2,3)42(6,7)39-13-19-18(38-16-41-5)11-20(40-19)36-12-17(9-8-10-31-24(37)26(27,28)29)21-22(34-15-35(4)30)32-14-33-23(21)36/h12,14-15,18-20H,10-11,13,16H2,1-7H3,(H,31,37)/t18-,19+,20+/m0/s1. The smallest absolute Gasteiger partial charge is 0.414 e. The molecular weight excluding hydrogens is 704 g/mol. The summed E-state index contributed by atoms with van der Waals surface area (Å²) in [6.07, 6.45) is 1.12. The summed E-state index contributed by atoms with van der Waals surface area (Å²) in [6, 6.07) is 0. The van der Waals surface area contributed by atoms with Gasteiger partial charge in [-0.05, 0) is 24.4 Å². The van der Waals surface area contributed by atoms with Gasteiger partial charge in [-0.3, -0.25) is 4.79 Å². The fourth-order valence-corrected chi connectivity index (χ4v) is 5.29. The lowest BCUT2D eigenvalue weighted by Crippen LogP contribution is -2.44. The number of carbonyl (C=O) groups excluding carboxylic acids is 1. The van der Waals surface area contributed by atoms with E-state index in [2.05, 4.69) is 60.7 Å². The number of aliphatic imine (C=N–C) groups is 1. The first kappa shape index (κ1) is 34.6. The minimum atomic E-state index is -4.99. The zero-order valence-electron chi connectivity index (χ0n) is 24.6. The summed E-state index contributed by atoms with van der Waals surface area (Å²) in [4.78, 5) is 24.4. The Hall–Kier alpha value is -1.91. The first-order valence-corrected chi connectivity index (χ1v) is 18.3. The van der Waals surface area contributed by atoms with Crippen LogP contribution in [0.5, 0.6) is 0 Å². The van der Waals surface area contributed by atoms with Crippen LogP contribution in [0.2, 0.25) is 18.1 Å². The van der Waals surface area contributed by atoms with Crippen molar-refractivity contribution in [1.29, 1.82) is 0 Å². The lowest BCUT2D eigenvalue weighted by molar-refractivity contribution is -0.173. The number of nitrogens with zero attached hydrogens (tertiary/aromatic N) is 5. The van der Waals surface area contributed by atoms with Crippen molar-refractivity contribution in [2.45, 2.75) is 69.9 Å². The van der Waals surface area contributed by atoms with Crippen molar-refractivity contribution in [2.24, 2.45) is 4.99 Å². The number of ether oxygens (including phenoxy) is 2. The first-order chi connectivity index (χ1) is 19.5. The number of fused-ring (bicyclic) bond motifs is 1. The summed E-state index contributed by atoms with van der Waals surface area (Å²) in [5, 5.41) is 2.30. The van der Waals surface area contributed by atoms with E-state index >= 15 is 0 Å². The number of thioether (sulfide) groups is 1. The molecule has 1 aliphatic heterocycles. The molecule has 0 aliphatic carbocycles. The van der Waals surface area contributed by atoms with Gasteiger partial charge in [-0.15, -0.1) is 11.8 Å². The molecule has 1 fully saturated rings. The zero-order valence-corrected chi connectivity index (χ0v) is 28.6. The molecule has 3 atom stereocenters. The Kier molecular flexibility index (Phi) is 11.7. The molecule has 0 bridgehead atoms. The Morgan fingerprint density at radius 2 is 2.10 bits per heavy atom. The van der Waals surface area contributed by atoms with Gasteiger partial charge in [0.05, 0.1) is 59.0 Å². The van der Waals surface area contributed by atoms with Crippen LogP contribution in [0.4, 0.5) is 19.0 Å². The van der Waals surface area contributed by atoms with Crippen molar-refractivity contribution in [3.8, 4) is 11.8 Å². The van der Waals surface area contributed by atoms with Gasteiger partial charge in [-0.2, -0.15) is 13.2 Å². The number of carbonyl (C=O) groups is 1. The van der Waals surface area contributed by atoms with Crippen molar-refractivity contribution < 1.29 is 31.9 Å². The molecule has 1 saturated heterocycles. The number of aromatic nitrogens is 3. The fraction of sp³-hybridized carbons (Fsp3) is 0.615. The molecule has 0 unspecified atom stereocenters. The number of nitrogens with one attached hydrogen (secondary N) is 1. The van der Waals surface area contributed by atoms with E-state index in [9.17, 15) is 18.0 Å². The molecule has 3 rings (SSSR count). The number of rotatable bonds is 10.